The van der Waals surface area contributed by atoms with Crippen LogP contribution in [0.25, 0.3) is 11.1 Å². The summed E-state index contributed by atoms with van der Waals surface area (Å²) in [6.45, 7) is 4.65. The maximum Gasteiger partial charge on any atom is 0.317 e. The zero-order valence-corrected chi connectivity index (χ0v) is 16.8. The number of aromatic nitrogens is 1. The van der Waals surface area contributed by atoms with Crippen molar-refractivity contribution in [3.63, 3.8) is 0 Å². The van der Waals surface area contributed by atoms with Crippen LogP contribution in [0.15, 0.2) is 48.8 Å². The molecular weight excluding hydrogens is 368 g/mol. The lowest BCUT2D eigenvalue weighted by Crippen LogP contribution is -2.56. The molecule has 0 spiro atoms. The molecule has 1 aromatic carbocycles. The van der Waals surface area contributed by atoms with Crippen molar-refractivity contribution in [1.82, 2.24) is 20.5 Å². The molecule has 1 unspecified atom stereocenters. The Morgan fingerprint density at radius 3 is 2.52 bits per heavy atom. The molecule has 1 aromatic heterocycles. The summed E-state index contributed by atoms with van der Waals surface area (Å²) in [6, 6.07) is 12.0. The Morgan fingerprint density at radius 1 is 1.21 bits per heavy atom. The van der Waals surface area contributed by atoms with Crippen LogP contribution in [0.1, 0.15) is 38.3 Å². The number of benzene rings is 1. The summed E-state index contributed by atoms with van der Waals surface area (Å²) in [6.07, 6.45) is 5.14. The third-order valence-corrected chi connectivity index (χ3v) is 5.46. The van der Waals surface area contributed by atoms with Crippen molar-refractivity contribution in [2.75, 3.05) is 13.1 Å². The monoisotopic (exact) mass is 396 g/mol. The average Bonchev–Trinajstić information content (AvgIpc) is 2.69. The van der Waals surface area contributed by atoms with Crippen molar-refractivity contribution in [3.8, 4) is 11.1 Å². The summed E-state index contributed by atoms with van der Waals surface area (Å²) in [4.78, 5) is 29.3. The molecular formula is C22H28N4O3. The van der Waals surface area contributed by atoms with Crippen LogP contribution in [-0.2, 0) is 4.79 Å². The standard InChI is InChI=1S/C22H28N4O3/c1-3-26(14-21(27)28)20-11-19(12-20)25-22(29)24-15(2)16-6-8-17(9-7-16)18-5-4-10-23-13-18/h4-10,13,15,19-20H,3,11-12,14H2,1-2H3,(H,27,28)(H2,24,25,29). The van der Waals surface area contributed by atoms with E-state index in [0.717, 1.165) is 29.5 Å². The van der Waals surface area contributed by atoms with Crippen LogP contribution in [0.4, 0.5) is 4.79 Å². The number of hydrogen-bond donors (Lipinski definition) is 3. The molecule has 1 aliphatic rings. The van der Waals surface area contributed by atoms with Crippen molar-refractivity contribution < 1.29 is 14.7 Å². The predicted octanol–water partition coefficient (Wildman–Crippen LogP) is 3.05. The van der Waals surface area contributed by atoms with E-state index in [2.05, 4.69) is 15.6 Å². The van der Waals surface area contributed by atoms with E-state index in [9.17, 15) is 9.59 Å². The highest BCUT2D eigenvalue weighted by Crippen LogP contribution is 2.26. The number of hydrogen-bond acceptors (Lipinski definition) is 4. The number of carbonyl (C=O) groups is 2. The molecule has 3 rings (SSSR count). The van der Waals surface area contributed by atoms with E-state index in [4.69, 9.17) is 5.11 Å². The Morgan fingerprint density at radius 2 is 1.93 bits per heavy atom. The number of nitrogens with zero attached hydrogens (tertiary/aromatic N) is 2. The lowest BCUT2D eigenvalue weighted by atomic mass is 9.85. The molecule has 7 heteroatoms. The van der Waals surface area contributed by atoms with Gasteiger partial charge in [0.15, 0.2) is 0 Å². The molecule has 1 atom stereocenters. The summed E-state index contributed by atoms with van der Waals surface area (Å²) < 4.78 is 0. The lowest BCUT2D eigenvalue weighted by molar-refractivity contribution is -0.139. The first-order valence-electron chi connectivity index (χ1n) is 9.99. The molecule has 0 aliphatic heterocycles. The van der Waals surface area contributed by atoms with Gasteiger partial charge >= 0.3 is 12.0 Å². The van der Waals surface area contributed by atoms with Gasteiger partial charge in [0.2, 0.25) is 0 Å². The quantitative estimate of drug-likeness (QED) is 0.638. The summed E-state index contributed by atoms with van der Waals surface area (Å²) in [5.74, 6) is -0.815. The average molecular weight is 396 g/mol. The number of urea groups is 1. The summed E-state index contributed by atoms with van der Waals surface area (Å²) in [5, 5.41) is 14.9. The lowest BCUT2D eigenvalue weighted by Gasteiger charge is -2.42. The van der Waals surface area contributed by atoms with Crippen LogP contribution in [-0.4, -0.2) is 52.2 Å². The highest BCUT2D eigenvalue weighted by molar-refractivity contribution is 5.75. The van der Waals surface area contributed by atoms with Crippen LogP contribution >= 0.6 is 0 Å². The molecule has 0 saturated heterocycles. The fourth-order valence-corrected chi connectivity index (χ4v) is 3.68. The van der Waals surface area contributed by atoms with E-state index in [1.807, 2.05) is 61.3 Å². The number of likely N-dealkylation sites (N-methyl/N-ethyl adjacent to an activating group) is 1. The molecule has 1 aliphatic carbocycles. The smallest absolute Gasteiger partial charge is 0.317 e. The Labute approximate surface area is 171 Å². The Hall–Kier alpha value is -2.93. The van der Waals surface area contributed by atoms with E-state index in [1.165, 1.54) is 0 Å². The van der Waals surface area contributed by atoms with Crippen LogP contribution in [0, 0.1) is 0 Å². The molecule has 1 saturated carbocycles. The van der Waals surface area contributed by atoms with Crippen LogP contribution in [0.2, 0.25) is 0 Å². The Kier molecular flexibility index (Phi) is 6.82. The van der Waals surface area contributed by atoms with Crippen molar-refractivity contribution in [1.29, 1.82) is 0 Å². The van der Waals surface area contributed by atoms with Gasteiger partial charge in [-0.1, -0.05) is 37.3 Å². The number of carboxylic acid groups (broad SMARTS) is 1. The normalized spacial score (nSPS) is 19.3. The van der Waals surface area contributed by atoms with Gasteiger partial charge in [-0.05, 0) is 49.1 Å². The third kappa shape index (κ3) is 5.54. The van der Waals surface area contributed by atoms with Gasteiger partial charge in [0.1, 0.15) is 0 Å². The highest BCUT2D eigenvalue weighted by atomic mass is 16.4. The Bertz CT molecular complexity index is 820. The number of carboxylic acids is 1. The Balaban J connectivity index is 1.46. The molecule has 0 bridgehead atoms. The summed E-state index contributed by atoms with van der Waals surface area (Å²) >= 11 is 0. The first kappa shape index (κ1) is 20.8. The third-order valence-electron chi connectivity index (χ3n) is 5.46. The van der Waals surface area contributed by atoms with E-state index in [-0.39, 0.29) is 30.7 Å². The minimum atomic E-state index is -0.815. The topological polar surface area (TPSA) is 94.6 Å². The number of rotatable bonds is 8. The number of amides is 2. The molecule has 7 nitrogen and oxygen atoms in total. The number of nitrogens with one attached hydrogen (secondary N) is 2. The van der Waals surface area contributed by atoms with Crippen molar-refractivity contribution >= 4 is 12.0 Å². The van der Waals surface area contributed by atoms with E-state index in [1.54, 1.807) is 6.20 Å². The minimum absolute atomic E-state index is 0.0478. The van der Waals surface area contributed by atoms with Gasteiger partial charge in [0.05, 0.1) is 12.6 Å². The molecule has 2 amide bonds. The zero-order valence-electron chi connectivity index (χ0n) is 16.8. The zero-order chi connectivity index (χ0) is 20.8. The first-order valence-corrected chi connectivity index (χ1v) is 9.99. The van der Waals surface area contributed by atoms with Gasteiger partial charge in [-0.15, -0.1) is 0 Å². The molecule has 29 heavy (non-hydrogen) atoms. The SMILES string of the molecule is CCN(CC(=O)O)C1CC(NC(=O)NC(C)c2ccc(-c3cccnc3)cc2)C1. The largest absolute Gasteiger partial charge is 0.480 e. The molecule has 154 valence electrons. The fraction of sp³-hybridized carbons (Fsp3) is 0.409. The highest BCUT2D eigenvalue weighted by Gasteiger charge is 2.34. The number of pyridine rings is 1. The van der Waals surface area contributed by atoms with Gasteiger partial charge < -0.3 is 15.7 Å². The van der Waals surface area contributed by atoms with E-state index >= 15 is 0 Å². The van der Waals surface area contributed by atoms with Crippen LogP contribution in [0.5, 0.6) is 0 Å². The predicted molar refractivity (Wildman–Crippen MR) is 111 cm³/mol. The summed E-state index contributed by atoms with van der Waals surface area (Å²) in [7, 11) is 0. The maximum atomic E-state index is 12.3. The number of carbonyl (C=O) groups excluding carboxylic acids is 1. The molecule has 1 fully saturated rings. The number of aliphatic carboxylic acids is 1. The van der Waals surface area contributed by atoms with Crippen molar-refractivity contribution in [3.05, 3.63) is 54.4 Å². The van der Waals surface area contributed by atoms with Gasteiger partial charge in [-0.25, -0.2) is 4.79 Å². The second-order valence-corrected chi connectivity index (χ2v) is 7.48. The minimum Gasteiger partial charge on any atom is -0.480 e. The van der Waals surface area contributed by atoms with Crippen molar-refractivity contribution in [2.24, 2.45) is 0 Å². The van der Waals surface area contributed by atoms with Crippen LogP contribution in [0.3, 0.4) is 0 Å². The van der Waals surface area contributed by atoms with E-state index in [0.29, 0.717) is 6.54 Å². The fourth-order valence-electron chi connectivity index (χ4n) is 3.68. The molecule has 0 radical (unpaired) electrons. The van der Waals surface area contributed by atoms with Gasteiger partial charge in [0.25, 0.3) is 0 Å². The van der Waals surface area contributed by atoms with Gasteiger partial charge in [0, 0.05) is 24.5 Å². The molecule has 3 N–H and O–H groups in total. The van der Waals surface area contributed by atoms with Crippen LogP contribution < -0.4 is 10.6 Å². The maximum absolute atomic E-state index is 12.3. The van der Waals surface area contributed by atoms with E-state index < -0.39 is 5.97 Å². The molecule has 2 aromatic rings. The van der Waals surface area contributed by atoms with Gasteiger partial charge in [-0.3, -0.25) is 14.7 Å². The van der Waals surface area contributed by atoms with Gasteiger partial charge in [-0.2, -0.15) is 0 Å². The van der Waals surface area contributed by atoms with Crippen molar-refractivity contribution in [2.45, 2.75) is 44.8 Å². The first-order chi connectivity index (χ1) is 14.0. The second-order valence-electron chi connectivity index (χ2n) is 7.48. The second kappa shape index (κ2) is 9.52. The molecule has 1 heterocycles. The summed E-state index contributed by atoms with van der Waals surface area (Å²) in [5.41, 5.74) is 3.17.